The van der Waals surface area contributed by atoms with Crippen molar-refractivity contribution in [3.05, 3.63) is 133 Å². The first-order chi connectivity index (χ1) is 26.1. The predicted octanol–water partition coefficient (Wildman–Crippen LogP) is 10.6. The monoisotopic (exact) mass is 710 g/mol. The number of benzene rings is 9. The Kier molecular flexibility index (Phi) is 7.19. The molecule has 0 aliphatic heterocycles. The van der Waals surface area contributed by atoms with E-state index in [2.05, 4.69) is 0 Å². The van der Waals surface area contributed by atoms with Crippen LogP contribution in [0.25, 0.3) is 87.6 Å². The molecule has 0 spiro atoms. The molecule has 54 heavy (non-hydrogen) atoms. The van der Waals surface area contributed by atoms with E-state index in [4.69, 9.17) is 0 Å². The zero-order valence-corrected chi connectivity index (χ0v) is 28.3. The third-order valence-corrected chi connectivity index (χ3v) is 10.3. The first-order valence-corrected chi connectivity index (χ1v) is 17.1. The second-order valence-electron chi connectivity index (χ2n) is 13.3. The Morgan fingerprint density at radius 3 is 1.17 bits per heavy atom. The molecular weight excluding hydrogens is 680 g/mol. The number of hydrogen-bond donors (Lipinski definition) is 8. The summed E-state index contributed by atoms with van der Waals surface area (Å²) in [4.78, 5) is 0. The normalized spacial score (nSPS) is 11.6. The Labute approximate surface area is 307 Å². The van der Waals surface area contributed by atoms with Crippen LogP contribution in [0.3, 0.4) is 0 Å². The van der Waals surface area contributed by atoms with Gasteiger partial charge in [-0.25, -0.2) is 0 Å². The van der Waals surface area contributed by atoms with Crippen LogP contribution < -0.4 is 0 Å². The number of phenols is 8. The lowest BCUT2D eigenvalue weighted by molar-refractivity contribution is 0.350. The summed E-state index contributed by atoms with van der Waals surface area (Å²) in [5, 5.41) is 93.2. The van der Waals surface area contributed by atoms with Crippen molar-refractivity contribution in [3.63, 3.8) is 0 Å². The van der Waals surface area contributed by atoms with Crippen LogP contribution in [0, 0.1) is 0 Å². The molecule has 0 aromatic heterocycles. The molecular formula is C46H30O8. The Morgan fingerprint density at radius 1 is 0.259 bits per heavy atom. The molecule has 8 nitrogen and oxygen atoms in total. The van der Waals surface area contributed by atoms with Crippen molar-refractivity contribution in [3.8, 4) is 90.5 Å². The summed E-state index contributed by atoms with van der Waals surface area (Å²) >= 11 is 0. The van der Waals surface area contributed by atoms with Gasteiger partial charge in [-0.1, -0.05) is 127 Å². The van der Waals surface area contributed by atoms with E-state index in [0.29, 0.717) is 11.1 Å². The van der Waals surface area contributed by atoms with Crippen molar-refractivity contribution < 1.29 is 40.9 Å². The summed E-state index contributed by atoms with van der Waals surface area (Å²) in [5.41, 5.74) is 4.21. The summed E-state index contributed by atoms with van der Waals surface area (Å²) in [6.45, 7) is 0. The van der Waals surface area contributed by atoms with Crippen LogP contribution in [0.15, 0.2) is 133 Å². The molecule has 0 radical (unpaired) electrons. The molecule has 8 N–H and O–H groups in total. The summed E-state index contributed by atoms with van der Waals surface area (Å²) in [5.74, 6) is -7.36. The standard InChI is InChI=1S/C46H30O8/c47-39-35-33(27-17-12-24(13-18-27)30-21-14-23-6-1-2-8-29(23)22-30)36-38(42(50)46(54)44(52)40(36)48)34(37(35)41(49)45(53)43(39)51)28-19-15-26(16-20-28)32-11-5-9-25-7-3-4-10-31(25)32/h1-22,47-54H. The van der Waals surface area contributed by atoms with E-state index in [1.54, 1.807) is 24.3 Å². The highest BCUT2D eigenvalue weighted by Crippen LogP contribution is 2.61. The van der Waals surface area contributed by atoms with Crippen molar-refractivity contribution in [2.75, 3.05) is 0 Å². The lowest BCUT2D eigenvalue weighted by atomic mass is 9.83. The molecule has 0 fully saturated rings. The minimum atomic E-state index is -1.02. The maximum Gasteiger partial charge on any atom is 0.204 e. The second kappa shape index (κ2) is 12.0. The van der Waals surface area contributed by atoms with Gasteiger partial charge in [-0.05, 0) is 61.0 Å². The molecule has 0 saturated carbocycles. The van der Waals surface area contributed by atoms with E-state index >= 15 is 0 Å². The van der Waals surface area contributed by atoms with Crippen molar-refractivity contribution >= 4 is 43.1 Å². The average molecular weight is 711 g/mol. The number of rotatable bonds is 4. The molecule has 0 aliphatic rings. The minimum absolute atomic E-state index is 0.00705. The average Bonchev–Trinajstić information content (AvgIpc) is 3.22. The second-order valence-corrected chi connectivity index (χ2v) is 13.3. The van der Waals surface area contributed by atoms with E-state index in [0.717, 1.165) is 43.8 Å². The van der Waals surface area contributed by atoms with Gasteiger partial charge in [0.15, 0.2) is 23.0 Å². The zero-order chi connectivity index (χ0) is 37.4. The SMILES string of the molecule is Oc1c(O)c(O)c2c(-c3ccc(-c4cccc5ccccc45)cc3)c3c(O)c(O)c(O)c(O)c3c(-c3ccc(-c4ccc5ccccc5c4)cc3)c2c1O. The summed E-state index contributed by atoms with van der Waals surface area (Å²) in [6, 6.07) is 41.9. The van der Waals surface area contributed by atoms with Gasteiger partial charge in [0.2, 0.25) is 23.0 Å². The number of phenolic OH excluding ortho intramolecular Hbond substituents is 8. The topological polar surface area (TPSA) is 162 Å². The highest BCUT2D eigenvalue weighted by atomic mass is 16.4. The van der Waals surface area contributed by atoms with Crippen LogP contribution in [-0.2, 0) is 0 Å². The molecule has 0 saturated heterocycles. The van der Waals surface area contributed by atoms with E-state index < -0.39 is 46.0 Å². The maximum absolute atomic E-state index is 11.6. The molecule has 0 amide bonds. The van der Waals surface area contributed by atoms with Gasteiger partial charge in [0.25, 0.3) is 0 Å². The third-order valence-electron chi connectivity index (χ3n) is 10.3. The quantitative estimate of drug-likeness (QED) is 0.0508. The van der Waals surface area contributed by atoms with Gasteiger partial charge in [0, 0.05) is 32.7 Å². The molecule has 9 rings (SSSR count). The smallest absolute Gasteiger partial charge is 0.204 e. The van der Waals surface area contributed by atoms with Crippen molar-refractivity contribution in [2.45, 2.75) is 0 Å². The van der Waals surface area contributed by atoms with Crippen LogP contribution in [0.4, 0.5) is 0 Å². The molecule has 9 aromatic rings. The van der Waals surface area contributed by atoms with Gasteiger partial charge < -0.3 is 40.9 Å². The van der Waals surface area contributed by atoms with Gasteiger partial charge in [0.05, 0.1) is 0 Å². The van der Waals surface area contributed by atoms with E-state index in [1.165, 1.54) is 0 Å². The predicted molar refractivity (Wildman–Crippen MR) is 212 cm³/mol. The maximum atomic E-state index is 11.6. The van der Waals surface area contributed by atoms with Crippen LogP contribution in [-0.4, -0.2) is 40.9 Å². The lowest BCUT2D eigenvalue weighted by Gasteiger charge is -2.22. The van der Waals surface area contributed by atoms with Crippen LogP contribution >= 0.6 is 0 Å². The summed E-state index contributed by atoms with van der Waals surface area (Å²) < 4.78 is 0. The largest absolute Gasteiger partial charge is 0.504 e. The van der Waals surface area contributed by atoms with Crippen molar-refractivity contribution in [1.29, 1.82) is 0 Å². The third kappa shape index (κ3) is 4.70. The van der Waals surface area contributed by atoms with Crippen molar-refractivity contribution in [1.82, 2.24) is 0 Å². The van der Waals surface area contributed by atoms with Gasteiger partial charge in [-0.3, -0.25) is 0 Å². The summed E-state index contributed by atoms with van der Waals surface area (Å²) in [6.07, 6.45) is 0. The van der Waals surface area contributed by atoms with Crippen LogP contribution in [0.5, 0.6) is 46.0 Å². The van der Waals surface area contributed by atoms with Crippen LogP contribution in [0.2, 0.25) is 0 Å². The van der Waals surface area contributed by atoms with Crippen molar-refractivity contribution in [2.24, 2.45) is 0 Å². The molecule has 0 bridgehead atoms. The number of aromatic hydroxyl groups is 8. The van der Waals surface area contributed by atoms with E-state index in [1.807, 2.05) is 109 Å². The van der Waals surface area contributed by atoms with Gasteiger partial charge in [-0.15, -0.1) is 0 Å². The molecule has 9 aromatic carbocycles. The Balaban J connectivity index is 1.34. The molecule has 8 heteroatoms. The first kappa shape index (κ1) is 32.3. The first-order valence-electron chi connectivity index (χ1n) is 17.1. The van der Waals surface area contributed by atoms with Gasteiger partial charge in [-0.2, -0.15) is 0 Å². The Morgan fingerprint density at radius 2 is 0.648 bits per heavy atom. The fourth-order valence-corrected chi connectivity index (χ4v) is 7.69. The highest BCUT2D eigenvalue weighted by Gasteiger charge is 2.32. The molecule has 0 unspecified atom stereocenters. The Hall–Kier alpha value is -7.58. The van der Waals surface area contributed by atoms with E-state index in [-0.39, 0.29) is 32.7 Å². The summed E-state index contributed by atoms with van der Waals surface area (Å²) in [7, 11) is 0. The minimum Gasteiger partial charge on any atom is -0.504 e. The lowest BCUT2D eigenvalue weighted by Crippen LogP contribution is -1.95. The molecule has 0 atom stereocenters. The van der Waals surface area contributed by atoms with Crippen LogP contribution in [0.1, 0.15) is 0 Å². The fraction of sp³-hybridized carbons (Fsp3) is 0. The van der Waals surface area contributed by atoms with Gasteiger partial charge in [0.1, 0.15) is 0 Å². The number of hydrogen-bond acceptors (Lipinski definition) is 8. The molecule has 262 valence electrons. The molecule has 0 aliphatic carbocycles. The molecule has 0 heterocycles. The zero-order valence-electron chi connectivity index (χ0n) is 28.3. The van der Waals surface area contributed by atoms with Gasteiger partial charge >= 0.3 is 0 Å². The fourth-order valence-electron chi connectivity index (χ4n) is 7.69. The Bertz CT molecular complexity index is 2920. The number of fused-ring (bicyclic) bond motifs is 4. The van der Waals surface area contributed by atoms with E-state index in [9.17, 15) is 40.9 Å². The highest BCUT2D eigenvalue weighted by molar-refractivity contribution is 6.29.